The van der Waals surface area contributed by atoms with Crippen LogP contribution in [0.2, 0.25) is 0 Å². The van der Waals surface area contributed by atoms with Gasteiger partial charge in [-0.2, -0.15) is 0 Å². The van der Waals surface area contributed by atoms with E-state index >= 15 is 0 Å². The minimum Gasteiger partial charge on any atom is -0.336 e. The first-order chi connectivity index (χ1) is 11.4. The first-order valence-corrected chi connectivity index (χ1v) is 9.53. The van der Waals surface area contributed by atoms with Crippen LogP contribution >= 0.6 is 0 Å². The third-order valence-electron chi connectivity index (χ3n) is 4.21. The summed E-state index contributed by atoms with van der Waals surface area (Å²) in [5.74, 6) is 0.0506. The van der Waals surface area contributed by atoms with Crippen molar-refractivity contribution >= 4 is 33.5 Å². The molecule has 8 nitrogen and oxygen atoms in total. The molecular formula is C15H20N4O4S. The van der Waals surface area contributed by atoms with Gasteiger partial charge in [-0.25, -0.2) is 22.9 Å². The normalized spacial score (nSPS) is 17.5. The molecule has 1 saturated heterocycles. The van der Waals surface area contributed by atoms with E-state index in [0.717, 1.165) is 23.3 Å². The summed E-state index contributed by atoms with van der Waals surface area (Å²) in [6.07, 6.45) is 1.48. The molecule has 0 unspecified atom stereocenters. The van der Waals surface area contributed by atoms with Crippen LogP contribution in [0.25, 0.3) is 0 Å². The average molecular weight is 352 g/mol. The van der Waals surface area contributed by atoms with E-state index in [1.807, 2.05) is 0 Å². The molecule has 0 aromatic heterocycles. The van der Waals surface area contributed by atoms with Crippen molar-refractivity contribution in [2.75, 3.05) is 35.0 Å². The van der Waals surface area contributed by atoms with Gasteiger partial charge < -0.3 is 10.6 Å². The fourth-order valence-corrected chi connectivity index (χ4v) is 4.14. The van der Waals surface area contributed by atoms with Crippen LogP contribution in [0.5, 0.6) is 0 Å². The van der Waals surface area contributed by atoms with E-state index in [1.54, 1.807) is 25.1 Å². The molecular weight excluding hydrogens is 332 g/mol. The zero-order valence-electron chi connectivity index (χ0n) is 13.4. The molecule has 0 saturated carbocycles. The van der Waals surface area contributed by atoms with Crippen LogP contribution in [0.3, 0.4) is 0 Å². The number of urea groups is 2. The van der Waals surface area contributed by atoms with Gasteiger partial charge in [-0.05, 0) is 43.5 Å². The third-order valence-corrected chi connectivity index (χ3v) is 5.99. The molecule has 3 rings (SSSR count). The number of sulfonamides is 1. The highest BCUT2D eigenvalue weighted by atomic mass is 32.2. The van der Waals surface area contributed by atoms with Crippen molar-refractivity contribution in [2.24, 2.45) is 0 Å². The molecule has 9 heteroatoms. The molecule has 2 N–H and O–H groups in total. The van der Waals surface area contributed by atoms with Crippen molar-refractivity contribution in [1.29, 1.82) is 0 Å². The van der Waals surface area contributed by atoms with Crippen LogP contribution in [0, 0.1) is 0 Å². The van der Waals surface area contributed by atoms with E-state index in [1.165, 1.54) is 4.31 Å². The van der Waals surface area contributed by atoms with Crippen molar-refractivity contribution < 1.29 is 18.0 Å². The number of amides is 4. The van der Waals surface area contributed by atoms with Gasteiger partial charge in [0.1, 0.15) is 0 Å². The van der Waals surface area contributed by atoms with Gasteiger partial charge in [-0.15, -0.1) is 0 Å². The lowest BCUT2D eigenvalue weighted by Gasteiger charge is -2.30. The molecule has 2 aliphatic rings. The molecule has 130 valence electrons. The number of anilines is 2. The van der Waals surface area contributed by atoms with Crippen molar-refractivity contribution in [3.8, 4) is 0 Å². The number of aryl methyl sites for hydroxylation is 1. The van der Waals surface area contributed by atoms with E-state index in [4.69, 9.17) is 0 Å². The lowest BCUT2D eigenvalue weighted by Crippen LogP contribution is -2.38. The number of imide groups is 1. The SMILES string of the molecule is CCS(=O)(=O)N1CCCc2cc(NC(=O)N3CCNC3=O)ccc21. The van der Waals surface area contributed by atoms with Gasteiger partial charge in [-0.3, -0.25) is 4.31 Å². The summed E-state index contributed by atoms with van der Waals surface area (Å²) in [5.41, 5.74) is 2.09. The molecule has 0 aliphatic carbocycles. The Labute approximate surface area is 140 Å². The van der Waals surface area contributed by atoms with Gasteiger partial charge in [0, 0.05) is 25.3 Å². The van der Waals surface area contributed by atoms with E-state index in [0.29, 0.717) is 31.0 Å². The summed E-state index contributed by atoms with van der Waals surface area (Å²) in [6.45, 7) is 2.88. The van der Waals surface area contributed by atoms with Crippen LogP contribution in [0.15, 0.2) is 18.2 Å². The van der Waals surface area contributed by atoms with Gasteiger partial charge in [0.15, 0.2) is 0 Å². The summed E-state index contributed by atoms with van der Waals surface area (Å²) in [7, 11) is -3.31. The molecule has 24 heavy (non-hydrogen) atoms. The molecule has 4 amide bonds. The minimum absolute atomic E-state index is 0.0506. The number of nitrogens with zero attached hydrogens (tertiary/aromatic N) is 2. The summed E-state index contributed by atoms with van der Waals surface area (Å²) >= 11 is 0. The van der Waals surface area contributed by atoms with E-state index < -0.39 is 22.1 Å². The number of benzene rings is 1. The van der Waals surface area contributed by atoms with Crippen LogP contribution in [0.1, 0.15) is 18.9 Å². The number of fused-ring (bicyclic) bond motifs is 1. The Bertz CT molecular complexity index is 778. The molecule has 0 spiro atoms. The van der Waals surface area contributed by atoms with Crippen molar-refractivity contribution in [3.63, 3.8) is 0 Å². The highest BCUT2D eigenvalue weighted by molar-refractivity contribution is 7.92. The van der Waals surface area contributed by atoms with Gasteiger partial charge in [0.25, 0.3) is 0 Å². The maximum Gasteiger partial charge on any atom is 0.330 e. The first kappa shape index (κ1) is 16.6. The summed E-state index contributed by atoms with van der Waals surface area (Å²) in [6, 6.07) is 4.25. The summed E-state index contributed by atoms with van der Waals surface area (Å²) in [4.78, 5) is 24.7. The second-order valence-corrected chi connectivity index (χ2v) is 7.92. The zero-order chi connectivity index (χ0) is 17.3. The molecule has 1 fully saturated rings. The largest absolute Gasteiger partial charge is 0.336 e. The lowest BCUT2D eigenvalue weighted by molar-refractivity contribution is 0.207. The Morgan fingerprint density at radius 1 is 1.33 bits per heavy atom. The fraction of sp³-hybridized carbons (Fsp3) is 0.467. The van der Waals surface area contributed by atoms with Gasteiger partial charge in [0.2, 0.25) is 10.0 Å². The standard InChI is InChI=1S/C15H20N4O4S/c1-2-24(22,23)19-8-3-4-11-10-12(5-6-13(11)19)17-15(21)18-9-7-16-14(18)20/h5-6,10H,2-4,7-9H2,1H3,(H,16,20)(H,17,21). The molecule has 2 aliphatic heterocycles. The van der Waals surface area contributed by atoms with Crippen molar-refractivity contribution in [2.45, 2.75) is 19.8 Å². The third kappa shape index (κ3) is 3.03. The number of carbonyl (C=O) groups excluding carboxylic acids is 2. The van der Waals surface area contributed by atoms with Crippen molar-refractivity contribution in [1.82, 2.24) is 10.2 Å². The predicted octanol–water partition coefficient (Wildman–Crippen LogP) is 1.35. The highest BCUT2D eigenvalue weighted by Gasteiger charge is 2.28. The lowest BCUT2D eigenvalue weighted by atomic mass is 10.0. The number of carbonyl (C=O) groups is 2. The number of nitrogens with one attached hydrogen (secondary N) is 2. The quantitative estimate of drug-likeness (QED) is 0.858. The van der Waals surface area contributed by atoms with Crippen LogP contribution in [0.4, 0.5) is 21.0 Å². The second kappa shape index (κ2) is 6.31. The Morgan fingerprint density at radius 3 is 2.79 bits per heavy atom. The Hall–Kier alpha value is -2.29. The van der Waals surface area contributed by atoms with E-state index in [-0.39, 0.29) is 5.75 Å². The Morgan fingerprint density at radius 2 is 2.12 bits per heavy atom. The molecule has 1 aromatic carbocycles. The summed E-state index contributed by atoms with van der Waals surface area (Å²) in [5, 5.41) is 5.26. The highest BCUT2D eigenvalue weighted by Crippen LogP contribution is 2.31. The first-order valence-electron chi connectivity index (χ1n) is 7.92. The van der Waals surface area contributed by atoms with E-state index in [2.05, 4.69) is 10.6 Å². The number of hydrogen-bond donors (Lipinski definition) is 2. The monoisotopic (exact) mass is 352 g/mol. The van der Waals surface area contributed by atoms with Gasteiger partial charge >= 0.3 is 12.1 Å². The van der Waals surface area contributed by atoms with Gasteiger partial charge in [0.05, 0.1) is 11.4 Å². The van der Waals surface area contributed by atoms with Crippen LogP contribution in [-0.2, 0) is 16.4 Å². The molecule has 2 heterocycles. The minimum atomic E-state index is -3.31. The topological polar surface area (TPSA) is 98.8 Å². The second-order valence-electron chi connectivity index (χ2n) is 5.73. The average Bonchev–Trinajstić information content (AvgIpc) is 3.00. The van der Waals surface area contributed by atoms with Crippen molar-refractivity contribution in [3.05, 3.63) is 23.8 Å². The fourth-order valence-electron chi connectivity index (χ4n) is 2.94. The van der Waals surface area contributed by atoms with Crippen LogP contribution in [-0.4, -0.2) is 50.8 Å². The summed E-state index contributed by atoms with van der Waals surface area (Å²) < 4.78 is 25.8. The number of rotatable bonds is 3. The molecule has 0 atom stereocenters. The molecule has 0 radical (unpaired) electrons. The molecule has 0 bridgehead atoms. The Balaban J connectivity index is 1.81. The predicted molar refractivity (Wildman–Crippen MR) is 90.7 cm³/mol. The maximum atomic E-state index is 12.2. The smallest absolute Gasteiger partial charge is 0.330 e. The van der Waals surface area contributed by atoms with Gasteiger partial charge in [-0.1, -0.05) is 0 Å². The zero-order valence-corrected chi connectivity index (χ0v) is 14.2. The maximum absolute atomic E-state index is 12.2. The Kier molecular flexibility index (Phi) is 4.35. The number of hydrogen-bond acceptors (Lipinski definition) is 4. The molecule has 1 aromatic rings. The van der Waals surface area contributed by atoms with Crippen LogP contribution < -0.4 is 14.9 Å². The van der Waals surface area contributed by atoms with E-state index in [9.17, 15) is 18.0 Å².